The van der Waals surface area contributed by atoms with Crippen LogP contribution in [0, 0.1) is 24.1 Å². The van der Waals surface area contributed by atoms with Gasteiger partial charge in [0.05, 0.1) is 25.3 Å². The molecule has 2 fully saturated rings. The molecule has 0 bridgehead atoms. The number of likely N-dealkylation sites (tertiary alicyclic amines) is 1. The van der Waals surface area contributed by atoms with E-state index >= 15 is 0 Å². The largest absolute Gasteiger partial charge is 0.488 e. The summed E-state index contributed by atoms with van der Waals surface area (Å²) >= 11 is 0. The zero-order valence-electron chi connectivity index (χ0n) is 21.5. The van der Waals surface area contributed by atoms with Gasteiger partial charge in [0, 0.05) is 60.2 Å². The average Bonchev–Trinajstić information content (AvgIpc) is 3.66. The topological polar surface area (TPSA) is 103 Å². The Labute approximate surface area is 218 Å². The van der Waals surface area contributed by atoms with Crippen LogP contribution in [0.2, 0.25) is 0 Å². The molecule has 2 aromatic heterocycles. The minimum atomic E-state index is -0.505. The standard InChI is InChI=1S/C28H29FN4O5/c1-16-8-17(4-5-19(16)27(34)33-12-18-13-36-15-28(18,2)14-33)22-10-25(38-32-22)26-20-9-21(29)24(37-7-6-35-3)11-23(20)30-31-26/h4-5,8-11,18H,6-7,12-15H2,1-3H3,(H,30,31)/t18-,28+/m0/s1. The quantitative estimate of drug-likeness (QED) is 0.359. The molecule has 2 saturated heterocycles. The number of aromatic amines is 1. The molecule has 9 nitrogen and oxygen atoms in total. The van der Waals surface area contributed by atoms with Gasteiger partial charge < -0.3 is 23.6 Å². The molecule has 0 spiro atoms. The van der Waals surface area contributed by atoms with Crippen LogP contribution in [-0.4, -0.2) is 72.8 Å². The summed E-state index contributed by atoms with van der Waals surface area (Å²) in [6.07, 6.45) is 0. The zero-order valence-corrected chi connectivity index (χ0v) is 21.5. The van der Waals surface area contributed by atoms with Crippen LogP contribution in [0.15, 0.2) is 40.9 Å². The summed E-state index contributed by atoms with van der Waals surface area (Å²) in [7, 11) is 1.56. The lowest BCUT2D eigenvalue weighted by atomic mass is 9.83. The molecular weight excluding hydrogens is 491 g/mol. The number of methoxy groups -OCH3 is 1. The van der Waals surface area contributed by atoms with Crippen LogP contribution in [0.5, 0.6) is 5.75 Å². The first-order chi connectivity index (χ1) is 18.4. The Morgan fingerprint density at radius 1 is 1.26 bits per heavy atom. The van der Waals surface area contributed by atoms with E-state index in [1.165, 1.54) is 6.07 Å². The van der Waals surface area contributed by atoms with Crippen molar-refractivity contribution in [3.8, 4) is 28.5 Å². The molecule has 10 heteroatoms. The van der Waals surface area contributed by atoms with Gasteiger partial charge in [-0.2, -0.15) is 5.10 Å². The Kier molecular flexibility index (Phi) is 6.16. The first kappa shape index (κ1) is 24.6. The number of H-pyrrole nitrogens is 1. The molecule has 198 valence electrons. The van der Waals surface area contributed by atoms with E-state index in [-0.39, 0.29) is 23.7 Å². The lowest BCUT2D eigenvalue weighted by Gasteiger charge is -2.22. The Morgan fingerprint density at radius 3 is 2.92 bits per heavy atom. The summed E-state index contributed by atoms with van der Waals surface area (Å²) < 4.78 is 36.2. The second-order valence-corrected chi connectivity index (χ2v) is 10.4. The molecule has 2 aliphatic rings. The highest BCUT2D eigenvalue weighted by molar-refractivity contribution is 5.97. The fraction of sp³-hybridized carbons (Fsp3) is 0.393. The van der Waals surface area contributed by atoms with E-state index in [0.29, 0.717) is 65.9 Å². The maximum absolute atomic E-state index is 14.6. The van der Waals surface area contributed by atoms with E-state index in [2.05, 4.69) is 22.3 Å². The van der Waals surface area contributed by atoms with E-state index in [9.17, 15) is 9.18 Å². The van der Waals surface area contributed by atoms with Crippen LogP contribution in [0.1, 0.15) is 22.8 Å². The van der Waals surface area contributed by atoms with Crippen LogP contribution in [-0.2, 0) is 9.47 Å². The predicted molar refractivity (Wildman–Crippen MR) is 137 cm³/mol. The fourth-order valence-electron chi connectivity index (χ4n) is 5.43. The zero-order chi connectivity index (χ0) is 26.4. The van der Waals surface area contributed by atoms with Gasteiger partial charge in [-0.25, -0.2) is 4.39 Å². The van der Waals surface area contributed by atoms with Crippen molar-refractivity contribution in [3.05, 3.63) is 53.3 Å². The number of carbonyl (C=O) groups is 1. The van der Waals surface area contributed by atoms with Crippen LogP contribution >= 0.6 is 0 Å². The van der Waals surface area contributed by atoms with Crippen molar-refractivity contribution in [2.45, 2.75) is 13.8 Å². The van der Waals surface area contributed by atoms with Gasteiger partial charge in [0.15, 0.2) is 17.3 Å². The Hall–Kier alpha value is -3.76. The molecule has 1 N–H and O–H groups in total. The van der Waals surface area contributed by atoms with Gasteiger partial charge in [-0.1, -0.05) is 18.1 Å². The monoisotopic (exact) mass is 520 g/mol. The Bertz CT molecular complexity index is 1510. The van der Waals surface area contributed by atoms with Crippen LogP contribution < -0.4 is 4.74 Å². The van der Waals surface area contributed by atoms with Gasteiger partial charge in [0.2, 0.25) is 0 Å². The van der Waals surface area contributed by atoms with Crippen molar-refractivity contribution in [1.82, 2.24) is 20.3 Å². The van der Waals surface area contributed by atoms with Crippen LogP contribution in [0.3, 0.4) is 0 Å². The van der Waals surface area contributed by atoms with Crippen molar-refractivity contribution >= 4 is 16.8 Å². The molecule has 0 aliphatic carbocycles. The molecule has 0 radical (unpaired) electrons. The highest BCUT2D eigenvalue weighted by Crippen LogP contribution is 2.41. The smallest absolute Gasteiger partial charge is 0.254 e. The van der Waals surface area contributed by atoms with Gasteiger partial charge in [-0.3, -0.25) is 9.89 Å². The number of fused-ring (bicyclic) bond motifs is 2. The molecule has 4 heterocycles. The second kappa shape index (κ2) is 9.52. The first-order valence-corrected chi connectivity index (χ1v) is 12.6. The summed E-state index contributed by atoms with van der Waals surface area (Å²) in [5, 5.41) is 12.0. The molecule has 4 aromatic rings. The number of hydrogen-bond acceptors (Lipinski definition) is 7. The maximum Gasteiger partial charge on any atom is 0.254 e. The third-order valence-electron chi connectivity index (χ3n) is 7.67. The third-order valence-corrected chi connectivity index (χ3v) is 7.67. The number of ether oxygens (including phenoxy) is 3. The Morgan fingerprint density at radius 2 is 2.13 bits per heavy atom. The summed E-state index contributed by atoms with van der Waals surface area (Å²) in [5.41, 5.74) is 4.05. The number of aromatic nitrogens is 3. The van der Waals surface area contributed by atoms with Crippen LogP contribution in [0.25, 0.3) is 33.6 Å². The lowest BCUT2D eigenvalue weighted by molar-refractivity contribution is 0.0727. The number of nitrogens with zero attached hydrogens (tertiary/aromatic N) is 3. The molecule has 2 aliphatic heterocycles. The molecule has 2 atom stereocenters. The number of aryl methyl sites for hydroxylation is 1. The summed E-state index contributed by atoms with van der Waals surface area (Å²) in [6.45, 7) is 7.57. The number of hydrogen-bond donors (Lipinski definition) is 1. The van der Waals surface area contributed by atoms with Crippen molar-refractivity contribution in [3.63, 3.8) is 0 Å². The maximum atomic E-state index is 14.6. The van der Waals surface area contributed by atoms with Crippen LogP contribution in [0.4, 0.5) is 4.39 Å². The number of nitrogens with one attached hydrogen (secondary N) is 1. The summed E-state index contributed by atoms with van der Waals surface area (Å²) in [5.74, 6) is 0.445. The number of halogens is 1. The van der Waals surface area contributed by atoms with E-state index in [1.54, 1.807) is 19.2 Å². The van der Waals surface area contributed by atoms with E-state index in [0.717, 1.165) is 17.7 Å². The highest BCUT2D eigenvalue weighted by Gasteiger charge is 2.48. The molecule has 0 saturated carbocycles. The SMILES string of the molecule is COCCOc1cc2[nH]nc(-c3cc(-c4ccc(C(=O)N5C[C@H]6COC[C@@]6(C)C5)c(C)c4)no3)c2cc1F. The number of rotatable bonds is 7. The highest BCUT2D eigenvalue weighted by atomic mass is 19.1. The van der Waals surface area contributed by atoms with Crippen molar-refractivity contribution in [2.24, 2.45) is 11.3 Å². The molecule has 1 amide bonds. The van der Waals surface area contributed by atoms with Gasteiger partial charge in [0.1, 0.15) is 18.0 Å². The summed E-state index contributed by atoms with van der Waals surface area (Å²) in [6, 6.07) is 10.3. The molecule has 38 heavy (non-hydrogen) atoms. The normalized spacial score (nSPS) is 20.8. The number of benzene rings is 2. The minimum absolute atomic E-state index is 0.0403. The van der Waals surface area contributed by atoms with Crippen molar-refractivity contribution < 1.29 is 27.9 Å². The summed E-state index contributed by atoms with van der Waals surface area (Å²) in [4.78, 5) is 15.2. The van der Waals surface area contributed by atoms with Crippen molar-refractivity contribution in [1.29, 1.82) is 0 Å². The third kappa shape index (κ3) is 4.23. The fourth-order valence-corrected chi connectivity index (χ4v) is 5.43. The van der Waals surface area contributed by atoms with Crippen molar-refractivity contribution in [2.75, 3.05) is 46.6 Å². The Balaban J connectivity index is 1.22. The average molecular weight is 521 g/mol. The molecular formula is C28H29FN4O5. The predicted octanol–water partition coefficient (Wildman–Crippen LogP) is 4.47. The first-order valence-electron chi connectivity index (χ1n) is 12.6. The molecule has 2 aromatic carbocycles. The van der Waals surface area contributed by atoms with Gasteiger partial charge in [-0.15, -0.1) is 0 Å². The number of amides is 1. The van der Waals surface area contributed by atoms with E-state index in [4.69, 9.17) is 18.7 Å². The second-order valence-electron chi connectivity index (χ2n) is 10.4. The minimum Gasteiger partial charge on any atom is -0.488 e. The van der Waals surface area contributed by atoms with E-state index in [1.807, 2.05) is 30.0 Å². The number of carbonyl (C=O) groups excluding carboxylic acids is 1. The van der Waals surface area contributed by atoms with Gasteiger partial charge in [0.25, 0.3) is 5.91 Å². The van der Waals surface area contributed by atoms with Gasteiger partial charge in [-0.05, 0) is 30.7 Å². The molecule has 0 unspecified atom stereocenters. The molecule has 6 rings (SSSR count). The van der Waals surface area contributed by atoms with Gasteiger partial charge >= 0.3 is 0 Å². The lowest BCUT2D eigenvalue weighted by Crippen LogP contribution is -2.32. The van der Waals surface area contributed by atoms with E-state index < -0.39 is 5.82 Å².